The number of rotatable bonds is 9. The Morgan fingerprint density at radius 1 is 1.32 bits per heavy atom. The van der Waals surface area contributed by atoms with Crippen molar-refractivity contribution in [2.24, 2.45) is 5.10 Å². The fraction of sp³-hybridized carbons (Fsp3) is 0.571. The van der Waals surface area contributed by atoms with Crippen molar-refractivity contribution in [1.29, 1.82) is 0 Å². The van der Waals surface area contributed by atoms with Crippen molar-refractivity contribution in [2.45, 2.75) is 52.7 Å². The largest absolute Gasteiger partial charge is 0.448 e. The average Bonchev–Trinajstić information content (AvgIpc) is 2.46. The molecule has 0 aliphatic heterocycles. The smallest absolute Gasteiger partial charge is 0.288 e. The summed E-state index contributed by atoms with van der Waals surface area (Å²) in [6.45, 7) is 7.59. The highest BCUT2D eigenvalue weighted by molar-refractivity contribution is 9.10. The Balaban J connectivity index is 2.77. The Hall–Kier alpha value is -0.750. The zero-order chi connectivity index (χ0) is 16.6. The molecular weight excluding hydrogens is 369 g/mol. The quantitative estimate of drug-likeness (QED) is 0.381. The molecule has 0 aliphatic carbocycles. The fourth-order valence-electron chi connectivity index (χ4n) is 1.37. The lowest BCUT2D eigenvalue weighted by atomic mass is 10.3. The predicted octanol–water partition coefficient (Wildman–Crippen LogP) is 4.51. The predicted molar refractivity (Wildman–Crippen MR) is 91.9 cm³/mol. The Labute approximate surface area is 140 Å². The zero-order valence-electron chi connectivity index (χ0n) is 13.3. The summed E-state index contributed by atoms with van der Waals surface area (Å²) in [4.78, 5) is 4.03. The monoisotopic (exact) mass is 391 g/mol. The highest BCUT2D eigenvalue weighted by atomic mass is 79.9. The third-order valence-electron chi connectivity index (χ3n) is 2.91. The van der Waals surface area contributed by atoms with Gasteiger partial charge in [0.25, 0.3) is 0 Å². The minimum absolute atomic E-state index is 0.190. The van der Waals surface area contributed by atoms with Gasteiger partial charge in [0.05, 0.1) is 18.4 Å². The first-order valence-corrected chi connectivity index (χ1v) is 9.59. The molecule has 0 aromatic carbocycles. The molecule has 1 aromatic heterocycles. The van der Waals surface area contributed by atoms with Crippen LogP contribution in [0.15, 0.2) is 28.0 Å². The van der Waals surface area contributed by atoms with Gasteiger partial charge in [-0.15, -0.1) is 0 Å². The molecule has 0 amide bonds. The Morgan fingerprint density at radius 3 is 2.41 bits per heavy atom. The molecule has 8 heteroatoms. The summed E-state index contributed by atoms with van der Waals surface area (Å²) in [5.74, 6) is 0. The molecule has 0 radical (unpaired) electrons. The summed E-state index contributed by atoms with van der Waals surface area (Å²) in [7, 11) is -3.49. The van der Waals surface area contributed by atoms with Crippen molar-refractivity contribution < 1.29 is 13.6 Å². The van der Waals surface area contributed by atoms with Gasteiger partial charge < -0.3 is 0 Å². The van der Waals surface area contributed by atoms with Crippen LogP contribution in [0.25, 0.3) is 0 Å². The molecule has 124 valence electrons. The van der Waals surface area contributed by atoms with Crippen LogP contribution in [0, 0.1) is 0 Å². The van der Waals surface area contributed by atoms with Crippen LogP contribution >= 0.6 is 23.7 Å². The SMILES string of the molecule is CCC(C)OP(=O)(N/N=C/c1cncc(Br)c1)OC(C)CC. The molecule has 6 nitrogen and oxygen atoms in total. The molecule has 0 bridgehead atoms. The van der Waals surface area contributed by atoms with Gasteiger partial charge in [-0.25, -0.2) is 9.76 Å². The molecule has 1 rings (SSSR count). The van der Waals surface area contributed by atoms with E-state index in [4.69, 9.17) is 9.05 Å². The highest BCUT2D eigenvalue weighted by Gasteiger charge is 2.28. The van der Waals surface area contributed by atoms with Crippen molar-refractivity contribution in [3.8, 4) is 0 Å². The van der Waals surface area contributed by atoms with Gasteiger partial charge in [-0.3, -0.25) is 14.0 Å². The van der Waals surface area contributed by atoms with Crippen molar-refractivity contribution >= 4 is 29.9 Å². The average molecular weight is 392 g/mol. The van der Waals surface area contributed by atoms with Crippen LogP contribution in [0.3, 0.4) is 0 Å². The molecule has 1 aromatic rings. The number of hydrazone groups is 1. The number of hydrogen-bond donors (Lipinski definition) is 1. The maximum Gasteiger partial charge on any atom is 0.448 e. The Kier molecular flexibility index (Phi) is 8.25. The maximum absolute atomic E-state index is 12.7. The van der Waals surface area contributed by atoms with E-state index in [9.17, 15) is 4.57 Å². The van der Waals surface area contributed by atoms with E-state index in [1.165, 1.54) is 6.21 Å². The minimum Gasteiger partial charge on any atom is -0.288 e. The zero-order valence-corrected chi connectivity index (χ0v) is 15.8. The Bertz CT molecular complexity index is 526. The van der Waals surface area contributed by atoms with Gasteiger partial charge in [0.2, 0.25) is 0 Å². The third kappa shape index (κ3) is 7.01. The first-order chi connectivity index (χ1) is 10.4. The van der Waals surface area contributed by atoms with Crippen LogP contribution in [-0.4, -0.2) is 23.4 Å². The molecule has 0 aliphatic rings. The summed E-state index contributed by atoms with van der Waals surface area (Å²) in [6.07, 6.45) is 5.92. The summed E-state index contributed by atoms with van der Waals surface area (Å²) < 4.78 is 24.6. The van der Waals surface area contributed by atoms with Crippen LogP contribution in [0.4, 0.5) is 0 Å². The second-order valence-electron chi connectivity index (χ2n) is 4.94. The molecule has 1 heterocycles. The first kappa shape index (κ1) is 19.3. The lowest BCUT2D eigenvalue weighted by molar-refractivity contribution is 0.117. The number of halogens is 1. The summed E-state index contributed by atoms with van der Waals surface area (Å²) in [6, 6.07) is 1.84. The van der Waals surface area contributed by atoms with E-state index in [1.54, 1.807) is 12.4 Å². The van der Waals surface area contributed by atoms with E-state index in [2.05, 4.69) is 31.2 Å². The van der Waals surface area contributed by atoms with Crippen molar-refractivity contribution in [2.75, 3.05) is 0 Å². The van der Waals surface area contributed by atoms with Crippen LogP contribution in [-0.2, 0) is 13.6 Å². The molecule has 0 saturated heterocycles. The first-order valence-electron chi connectivity index (χ1n) is 7.26. The van der Waals surface area contributed by atoms with E-state index in [0.29, 0.717) is 0 Å². The second kappa shape index (κ2) is 9.40. The number of hydrogen-bond acceptors (Lipinski definition) is 5. The van der Waals surface area contributed by atoms with Gasteiger partial charge in [0, 0.05) is 22.4 Å². The van der Waals surface area contributed by atoms with Crippen LogP contribution in [0.1, 0.15) is 46.1 Å². The molecule has 2 unspecified atom stereocenters. The van der Waals surface area contributed by atoms with Crippen LogP contribution in [0.5, 0.6) is 0 Å². The van der Waals surface area contributed by atoms with Gasteiger partial charge in [0.15, 0.2) is 0 Å². The maximum atomic E-state index is 12.7. The topological polar surface area (TPSA) is 72.8 Å². The van der Waals surface area contributed by atoms with Crippen molar-refractivity contribution in [3.63, 3.8) is 0 Å². The number of nitrogens with zero attached hydrogens (tertiary/aromatic N) is 2. The number of nitrogens with one attached hydrogen (secondary N) is 1. The molecule has 2 atom stereocenters. The van der Waals surface area contributed by atoms with Gasteiger partial charge >= 0.3 is 7.75 Å². The molecule has 22 heavy (non-hydrogen) atoms. The van der Waals surface area contributed by atoms with Crippen LogP contribution < -0.4 is 5.20 Å². The molecule has 1 N–H and O–H groups in total. The Morgan fingerprint density at radius 2 is 1.91 bits per heavy atom. The molecule has 0 fully saturated rings. The van der Waals surface area contributed by atoms with Gasteiger partial charge in [-0.1, -0.05) is 13.8 Å². The fourth-order valence-corrected chi connectivity index (χ4v) is 3.34. The minimum atomic E-state index is -3.49. The van der Waals surface area contributed by atoms with E-state index >= 15 is 0 Å². The standard InChI is InChI=1S/C14H23BrN3O3P/c1-5-11(3)20-22(19,21-12(4)6-2)18-17-9-13-7-14(15)10-16-8-13/h7-12H,5-6H2,1-4H3,(H,18,19)/b17-9+. The van der Waals surface area contributed by atoms with Gasteiger partial charge in [-0.05, 0) is 48.7 Å². The van der Waals surface area contributed by atoms with Crippen LogP contribution in [0.2, 0.25) is 0 Å². The van der Waals surface area contributed by atoms with E-state index < -0.39 is 7.75 Å². The van der Waals surface area contributed by atoms with E-state index in [-0.39, 0.29) is 12.2 Å². The molecular formula is C14H23BrN3O3P. The summed E-state index contributed by atoms with van der Waals surface area (Å²) in [5, 5.41) is 6.51. The van der Waals surface area contributed by atoms with Crippen molar-refractivity contribution in [3.05, 3.63) is 28.5 Å². The summed E-state index contributed by atoms with van der Waals surface area (Å²) >= 11 is 3.33. The second-order valence-corrected chi connectivity index (χ2v) is 7.47. The van der Waals surface area contributed by atoms with Gasteiger partial charge in [-0.2, -0.15) is 5.10 Å². The summed E-state index contributed by atoms with van der Waals surface area (Å²) in [5.41, 5.74) is 0.764. The normalized spacial score (nSPS) is 17.1. The third-order valence-corrected chi connectivity index (χ3v) is 4.98. The molecule has 0 spiro atoms. The lowest BCUT2D eigenvalue weighted by Crippen LogP contribution is -2.18. The van der Waals surface area contributed by atoms with Crippen molar-refractivity contribution in [1.82, 2.24) is 10.2 Å². The number of aromatic nitrogens is 1. The molecule has 0 saturated carbocycles. The van der Waals surface area contributed by atoms with E-state index in [0.717, 1.165) is 22.9 Å². The lowest BCUT2D eigenvalue weighted by Gasteiger charge is -2.23. The number of pyridine rings is 1. The van der Waals surface area contributed by atoms with Gasteiger partial charge in [0.1, 0.15) is 0 Å². The highest BCUT2D eigenvalue weighted by Crippen LogP contribution is 2.47. The van der Waals surface area contributed by atoms with E-state index in [1.807, 2.05) is 33.8 Å².